The van der Waals surface area contributed by atoms with Crippen molar-refractivity contribution in [3.63, 3.8) is 0 Å². The van der Waals surface area contributed by atoms with Crippen molar-refractivity contribution in [1.82, 2.24) is 10.6 Å². The van der Waals surface area contributed by atoms with Crippen LogP contribution in [0.3, 0.4) is 0 Å². The average molecular weight is 403 g/mol. The third-order valence-corrected chi connectivity index (χ3v) is 7.21. The van der Waals surface area contributed by atoms with Gasteiger partial charge in [0.25, 0.3) is 0 Å². The smallest absolute Gasteiger partial charge is 0.191 e. The molecule has 0 amide bonds. The van der Waals surface area contributed by atoms with E-state index in [-0.39, 0.29) is 24.0 Å². The molecule has 0 saturated carbocycles. The summed E-state index contributed by atoms with van der Waals surface area (Å²) in [6.45, 7) is 6.19. The van der Waals surface area contributed by atoms with Crippen molar-refractivity contribution in [3.05, 3.63) is 29.8 Å². The van der Waals surface area contributed by atoms with Crippen LogP contribution in [0.15, 0.2) is 23.2 Å². The summed E-state index contributed by atoms with van der Waals surface area (Å²) in [5.74, 6) is -0.690. The Bertz CT molecular complexity index is 771. The molecule has 1 unspecified atom stereocenters. The van der Waals surface area contributed by atoms with Gasteiger partial charge in [-0.2, -0.15) is 0 Å². The molecule has 0 radical (unpaired) electrons. The lowest BCUT2D eigenvalue weighted by Gasteiger charge is -2.22. The van der Waals surface area contributed by atoms with Crippen LogP contribution in [-0.2, 0) is 9.84 Å². The van der Waals surface area contributed by atoms with Gasteiger partial charge in [0.1, 0.15) is 17.3 Å². The van der Waals surface area contributed by atoms with Gasteiger partial charge in [0.15, 0.2) is 15.8 Å². The maximum Gasteiger partial charge on any atom is 0.191 e. The second-order valence-electron chi connectivity index (χ2n) is 7.58. The van der Waals surface area contributed by atoms with E-state index < -0.39 is 26.2 Å². The lowest BCUT2D eigenvalue weighted by atomic mass is 10.2. The van der Waals surface area contributed by atoms with Crippen molar-refractivity contribution < 1.29 is 17.2 Å². The number of sulfone groups is 1. The van der Waals surface area contributed by atoms with Gasteiger partial charge in [0.05, 0.1) is 10.5 Å². The molecular weight excluding hydrogens is 374 g/mol. The lowest BCUT2D eigenvalue weighted by Crippen LogP contribution is -2.46. The van der Waals surface area contributed by atoms with E-state index in [2.05, 4.69) is 15.6 Å². The first kappa shape index (κ1) is 21.4. The van der Waals surface area contributed by atoms with Crippen LogP contribution in [0.25, 0.3) is 0 Å². The van der Waals surface area contributed by atoms with Crippen LogP contribution in [0.1, 0.15) is 27.2 Å². The Hall–Kier alpha value is -1.90. The molecule has 1 heterocycles. The third-order valence-electron chi connectivity index (χ3n) is 4.60. The van der Waals surface area contributed by atoms with Gasteiger partial charge in [-0.25, -0.2) is 17.2 Å². The fourth-order valence-electron chi connectivity index (χ4n) is 2.87. The monoisotopic (exact) mass is 402 g/mol. The predicted molar refractivity (Wildman–Crippen MR) is 105 cm³/mol. The van der Waals surface area contributed by atoms with E-state index in [0.29, 0.717) is 25.5 Å². The molecule has 0 aromatic heterocycles. The summed E-state index contributed by atoms with van der Waals surface area (Å²) >= 11 is 0. The average Bonchev–Trinajstić information content (AvgIpc) is 3.00. The van der Waals surface area contributed by atoms with Crippen molar-refractivity contribution in [2.24, 2.45) is 4.99 Å². The van der Waals surface area contributed by atoms with E-state index in [1.165, 1.54) is 18.2 Å². The van der Waals surface area contributed by atoms with Crippen LogP contribution in [0.4, 0.5) is 14.5 Å². The number of hydrogen-bond acceptors (Lipinski definition) is 4. The number of nitrogens with one attached hydrogen (secondary N) is 2. The van der Waals surface area contributed by atoms with Gasteiger partial charge in [0, 0.05) is 32.7 Å². The van der Waals surface area contributed by atoms with Gasteiger partial charge in [-0.1, -0.05) is 6.07 Å². The first-order valence-corrected chi connectivity index (χ1v) is 10.6. The highest BCUT2D eigenvalue weighted by Crippen LogP contribution is 2.26. The predicted octanol–water partition coefficient (Wildman–Crippen LogP) is 1.92. The Kier molecular flexibility index (Phi) is 6.67. The third kappa shape index (κ3) is 5.31. The molecule has 0 bridgehead atoms. The Labute approximate surface area is 160 Å². The summed E-state index contributed by atoms with van der Waals surface area (Å²) in [6, 6.07) is 3.79. The summed E-state index contributed by atoms with van der Waals surface area (Å²) in [6.07, 6.45) is 0.689. The van der Waals surface area contributed by atoms with Gasteiger partial charge in [0.2, 0.25) is 0 Å². The number of rotatable bonds is 5. The molecule has 152 valence electrons. The normalized spacial score (nSPS) is 18.7. The highest BCUT2D eigenvalue weighted by molar-refractivity contribution is 7.92. The number of para-hydroxylation sites is 1. The molecule has 2 N–H and O–H groups in total. The van der Waals surface area contributed by atoms with E-state index >= 15 is 0 Å². The van der Waals surface area contributed by atoms with Gasteiger partial charge in [-0.15, -0.1) is 0 Å². The molecule has 1 atom stereocenters. The van der Waals surface area contributed by atoms with Crippen molar-refractivity contribution >= 4 is 21.5 Å². The fraction of sp³-hybridized carbons (Fsp3) is 0.611. The van der Waals surface area contributed by atoms with Crippen molar-refractivity contribution in [3.8, 4) is 0 Å². The van der Waals surface area contributed by atoms with E-state index in [0.717, 1.165) is 0 Å². The SMILES string of the molecule is CN=C(NCCS(=O)(=O)C(C)(C)C)NC1CCN(c2c(F)cccc2F)C1. The molecule has 1 aromatic carbocycles. The number of aliphatic imine (C=N–C) groups is 1. The Morgan fingerprint density at radius 3 is 2.48 bits per heavy atom. The fourth-order valence-corrected chi connectivity index (χ4v) is 3.85. The maximum atomic E-state index is 13.9. The summed E-state index contributed by atoms with van der Waals surface area (Å²) in [4.78, 5) is 5.77. The highest BCUT2D eigenvalue weighted by Gasteiger charge is 2.29. The van der Waals surface area contributed by atoms with E-state index in [1.807, 2.05) is 0 Å². The number of anilines is 1. The van der Waals surface area contributed by atoms with Crippen molar-refractivity contribution in [2.75, 3.05) is 37.3 Å². The second kappa shape index (κ2) is 8.41. The molecule has 6 nitrogen and oxygen atoms in total. The van der Waals surface area contributed by atoms with Gasteiger partial charge in [-0.3, -0.25) is 4.99 Å². The Morgan fingerprint density at radius 1 is 1.30 bits per heavy atom. The van der Waals surface area contributed by atoms with Gasteiger partial charge < -0.3 is 15.5 Å². The van der Waals surface area contributed by atoms with E-state index in [9.17, 15) is 17.2 Å². The van der Waals surface area contributed by atoms with E-state index in [1.54, 1.807) is 32.7 Å². The van der Waals surface area contributed by atoms with Gasteiger partial charge in [-0.05, 0) is 39.3 Å². The zero-order valence-electron chi connectivity index (χ0n) is 16.2. The molecule has 1 aromatic rings. The number of nitrogens with zero attached hydrogens (tertiary/aromatic N) is 2. The molecule has 1 saturated heterocycles. The standard InChI is InChI=1S/C18H28F2N4O2S/c1-18(2,3)27(25,26)11-9-22-17(21-4)23-13-8-10-24(12-13)16-14(19)6-5-7-15(16)20/h5-7,13H,8-12H2,1-4H3,(H2,21,22,23). The Balaban J connectivity index is 1.89. The molecule has 1 fully saturated rings. The number of guanidine groups is 1. The van der Waals surface area contributed by atoms with Crippen LogP contribution in [0.5, 0.6) is 0 Å². The van der Waals surface area contributed by atoms with Crippen molar-refractivity contribution in [2.45, 2.75) is 38.0 Å². The summed E-state index contributed by atoms with van der Waals surface area (Å²) in [5.41, 5.74) is -0.0129. The van der Waals surface area contributed by atoms with Crippen LogP contribution in [-0.4, -0.2) is 57.6 Å². The molecule has 0 aliphatic carbocycles. The quantitative estimate of drug-likeness (QED) is 0.582. The van der Waals surface area contributed by atoms with E-state index in [4.69, 9.17) is 0 Å². The summed E-state index contributed by atoms with van der Waals surface area (Å²) in [7, 11) is -1.63. The Morgan fingerprint density at radius 2 is 1.93 bits per heavy atom. The van der Waals surface area contributed by atoms with Crippen LogP contribution in [0.2, 0.25) is 0 Å². The summed E-state index contributed by atoms with van der Waals surface area (Å²) in [5, 5.41) is 6.18. The summed E-state index contributed by atoms with van der Waals surface area (Å²) < 4.78 is 51.4. The second-order valence-corrected chi connectivity index (χ2v) is 10.4. The number of benzene rings is 1. The molecule has 1 aliphatic rings. The largest absolute Gasteiger partial charge is 0.365 e. The maximum absolute atomic E-state index is 13.9. The van der Waals surface area contributed by atoms with Crippen LogP contribution < -0.4 is 15.5 Å². The zero-order valence-corrected chi connectivity index (χ0v) is 17.0. The number of hydrogen-bond donors (Lipinski definition) is 2. The zero-order chi connectivity index (χ0) is 20.2. The molecule has 9 heteroatoms. The molecule has 27 heavy (non-hydrogen) atoms. The van der Waals surface area contributed by atoms with Crippen LogP contribution >= 0.6 is 0 Å². The highest BCUT2D eigenvalue weighted by atomic mass is 32.2. The minimum absolute atomic E-state index is 0.00553. The minimum atomic E-state index is -3.22. The molecule has 0 spiro atoms. The topological polar surface area (TPSA) is 73.8 Å². The minimum Gasteiger partial charge on any atom is -0.365 e. The molecule has 2 rings (SSSR count). The first-order valence-electron chi connectivity index (χ1n) is 8.93. The van der Waals surface area contributed by atoms with Gasteiger partial charge >= 0.3 is 0 Å². The molecular formula is C18H28F2N4O2S. The van der Waals surface area contributed by atoms with Crippen molar-refractivity contribution in [1.29, 1.82) is 0 Å². The van der Waals surface area contributed by atoms with Crippen LogP contribution in [0, 0.1) is 11.6 Å². The first-order chi connectivity index (χ1) is 12.5. The number of halogens is 2. The molecule has 1 aliphatic heterocycles. The lowest BCUT2D eigenvalue weighted by molar-refractivity contribution is 0.558.